The number of hydrogen-bond donors (Lipinski definition) is 1. The van der Waals surface area contributed by atoms with Crippen molar-refractivity contribution in [3.63, 3.8) is 0 Å². The first kappa shape index (κ1) is 14.2. The minimum atomic E-state index is -0.295. The minimum Gasteiger partial charge on any atom is -0.389 e. The zero-order chi connectivity index (χ0) is 13.8. The third kappa shape index (κ3) is 3.42. The van der Waals surface area contributed by atoms with Crippen LogP contribution in [0, 0.1) is 5.82 Å². The van der Waals surface area contributed by atoms with Gasteiger partial charge in [-0.05, 0) is 31.2 Å². The lowest BCUT2D eigenvalue weighted by Crippen LogP contribution is -2.47. The fourth-order valence-corrected chi connectivity index (χ4v) is 2.67. The predicted octanol–water partition coefficient (Wildman–Crippen LogP) is 1.99. The summed E-state index contributed by atoms with van der Waals surface area (Å²) in [5.41, 5.74) is 7.28. The van der Waals surface area contributed by atoms with E-state index in [1.54, 1.807) is 6.07 Å². The van der Waals surface area contributed by atoms with Crippen molar-refractivity contribution in [2.75, 3.05) is 37.6 Å². The Labute approximate surface area is 119 Å². The van der Waals surface area contributed by atoms with Crippen molar-refractivity contribution in [3.8, 4) is 0 Å². The summed E-state index contributed by atoms with van der Waals surface area (Å²) in [7, 11) is 0. The second-order valence-electron chi connectivity index (χ2n) is 4.85. The molecule has 0 spiro atoms. The third-order valence-corrected chi connectivity index (χ3v) is 3.70. The number of piperazine rings is 1. The highest BCUT2D eigenvalue weighted by atomic mass is 32.1. The third-order valence-electron chi connectivity index (χ3n) is 3.48. The van der Waals surface area contributed by atoms with Crippen molar-refractivity contribution >= 4 is 22.9 Å². The normalized spacial score (nSPS) is 16.6. The van der Waals surface area contributed by atoms with E-state index in [2.05, 4.69) is 16.7 Å². The van der Waals surface area contributed by atoms with Crippen LogP contribution in [0.5, 0.6) is 0 Å². The van der Waals surface area contributed by atoms with E-state index in [0.29, 0.717) is 5.56 Å². The maximum Gasteiger partial charge on any atom is 0.124 e. The van der Waals surface area contributed by atoms with E-state index >= 15 is 0 Å². The van der Waals surface area contributed by atoms with Crippen molar-refractivity contribution in [1.82, 2.24) is 4.90 Å². The molecule has 0 atom stereocenters. The zero-order valence-corrected chi connectivity index (χ0v) is 12.0. The second kappa shape index (κ2) is 6.30. The van der Waals surface area contributed by atoms with Gasteiger partial charge in [0.15, 0.2) is 0 Å². The van der Waals surface area contributed by atoms with Gasteiger partial charge in [0.25, 0.3) is 0 Å². The fraction of sp³-hybridized carbons (Fsp3) is 0.500. The van der Waals surface area contributed by atoms with E-state index in [0.717, 1.165) is 38.4 Å². The van der Waals surface area contributed by atoms with E-state index in [9.17, 15) is 4.39 Å². The molecule has 1 aliphatic heterocycles. The molecule has 0 unspecified atom stereocenters. The molecule has 0 amide bonds. The van der Waals surface area contributed by atoms with E-state index in [4.69, 9.17) is 18.0 Å². The van der Waals surface area contributed by atoms with Crippen LogP contribution in [0.1, 0.15) is 18.9 Å². The highest BCUT2D eigenvalue weighted by molar-refractivity contribution is 7.80. The molecule has 2 rings (SSSR count). The molecule has 1 aliphatic rings. The van der Waals surface area contributed by atoms with Crippen LogP contribution in [0.4, 0.5) is 10.1 Å². The van der Waals surface area contributed by atoms with Crippen LogP contribution >= 0.6 is 12.2 Å². The van der Waals surface area contributed by atoms with Gasteiger partial charge in [0.1, 0.15) is 10.8 Å². The maximum absolute atomic E-state index is 13.3. The average Bonchev–Trinajstić information content (AvgIpc) is 2.40. The van der Waals surface area contributed by atoms with Gasteiger partial charge in [-0.3, -0.25) is 4.90 Å². The lowest BCUT2D eigenvalue weighted by molar-refractivity contribution is 0.258. The molecule has 19 heavy (non-hydrogen) atoms. The summed E-state index contributed by atoms with van der Waals surface area (Å²) in [6.45, 7) is 7.25. The van der Waals surface area contributed by atoms with Gasteiger partial charge in [-0.1, -0.05) is 19.1 Å². The minimum absolute atomic E-state index is 0.255. The number of thiocarbonyl (C=S) groups is 1. The van der Waals surface area contributed by atoms with Gasteiger partial charge in [-0.2, -0.15) is 0 Å². The maximum atomic E-state index is 13.3. The molecule has 0 saturated carbocycles. The van der Waals surface area contributed by atoms with Crippen molar-refractivity contribution in [2.45, 2.75) is 13.3 Å². The summed E-state index contributed by atoms with van der Waals surface area (Å²) >= 11 is 5.02. The highest BCUT2D eigenvalue weighted by Gasteiger charge is 2.19. The van der Waals surface area contributed by atoms with Crippen molar-refractivity contribution in [2.24, 2.45) is 5.73 Å². The molecule has 3 nitrogen and oxygen atoms in total. The quantitative estimate of drug-likeness (QED) is 0.856. The molecule has 1 heterocycles. The van der Waals surface area contributed by atoms with Gasteiger partial charge in [0.05, 0.1) is 0 Å². The number of anilines is 1. The Balaban J connectivity index is 2.13. The molecule has 5 heteroatoms. The summed E-state index contributed by atoms with van der Waals surface area (Å²) < 4.78 is 13.3. The van der Waals surface area contributed by atoms with Gasteiger partial charge in [-0.25, -0.2) is 4.39 Å². The summed E-state index contributed by atoms with van der Waals surface area (Å²) in [5.74, 6) is -0.295. The number of hydrogen-bond acceptors (Lipinski definition) is 3. The molecule has 104 valence electrons. The molecule has 1 fully saturated rings. The molecule has 0 aromatic heterocycles. The van der Waals surface area contributed by atoms with E-state index in [-0.39, 0.29) is 10.8 Å². The Bertz CT molecular complexity index is 456. The van der Waals surface area contributed by atoms with Crippen molar-refractivity contribution < 1.29 is 4.39 Å². The lowest BCUT2D eigenvalue weighted by Gasteiger charge is -2.36. The topological polar surface area (TPSA) is 32.5 Å². The highest BCUT2D eigenvalue weighted by Crippen LogP contribution is 2.23. The van der Waals surface area contributed by atoms with Gasteiger partial charge in [0, 0.05) is 37.4 Å². The molecule has 1 aromatic carbocycles. The van der Waals surface area contributed by atoms with Crippen LogP contribution < -0.4 is 10.6 Å². The number of benzene rings is 1. The molecule has 1 aromatic rings. The Morgan fingerprint density at radius 1 is 1.32 bits per heavy atom. The smallest absolute Gasteiger partial charge is 0.124 e. The summed E-state index contributed by atoms with van der Waals surface area (Å²) in [4.78, 5) is 4.94. The Hall–Kier alpha value is -1.20. The monoisotopic (exact) mass is 281 g/mol. The molecule has 0 radical (unpaired) electrons. The first-order chi connectivity index (χ1) is 9.11. The lowest BCUT2D eigenvalue weighted by atomic mass is 10.1. The number of nitrogens with zero attached hydrogens (tertiary/aromatic N) is 2. The van der Waals surface area contributed by atoms with Crippen molar-refractivity contribution in [1.29, 1.82) is 0 Å². The van der Waals surface area contributed by atoms with Gasteiger partial charge in [-0.15, -0.1) is 0 Å². The molecule has 1 saturated heterocycles. The molecular formula is C14H20FN3S. The van der Waals surface area contributed by atoms with Crippen LogP contribution in [0.2, 0.25) is 0 Å². The first-order valence-corrected chi connectivity index (χ1v) is 7.09. The summed E-state index contributed by atoms with van der Waals surface area (Å²) in [6.07, 6.45) is 1.18. The van der Waals surface area contributed by atoms with Gasteiger partial charge in [0.2, 0.25) is 0 Å². The van der Waals surface area contributed by atoms with Crippen LogP contribution in [0.15, 0.2) is 18.2 Å². The second-order valence-corrected chi connectivity index (χ2v) is 5.29. The molecule has 0 aliphatic carbocycles. The molecular weight excluding hydrogens is 261 g/mol. The van der Waals surface area contributed by atoms with Crippen LogP contribution in [0.25, 0.3) is 0 Å². The predicted molar refractivity (Wildman–Crippen MR) is 81.2 cm³/mol. The SMILES string of the molecule is CCCN1CCN(c2ccc(F)cc2C(N)=S)CC1. The number of halogens is 1. The Morgan fingerprint density at radius 2 is 2.00 bits per heavy atom. The molecule has 0 bridgehead atoms. The van der Waals surface area contributed by atoms with E-state index < -0.39 is 0 Å². The number of rotatable bonds is 4. The van der Waals surface area contributed by atoms with Crippen LogP contribution in [0.3, 0.4) is 0 Å². The van der Waals surface area contributed by atoms with Gasteiger partial charge < -0.3 is 10.6 Å². The van der Waals surface area contributed by atoms with E-state index in [1.807, 2.05) is 0 Å². The Morgan fingerprint density at radius 3 is 2.58 bits per heavy atom. The summed E-state index contributed by atoms with van der Waals surface area (Å²) in [5, 5.41) is 0. The van der Waals surface area contributed by atoms with Gasteiger partial charge >= 0.3 is 0 Å². The zero-order valence-electron chi connectivity index (χ0n) is 11.2. The standard InChI is InChI=1S/C14H20FN3S/c1-2-5-17-6-8-18(9-7-17)13-4-3-11(15)10-12(13)14(16)19/h3-4,10H,2,5-9H2,1H3,(H2,16,19). The first-order valence-electron chi connectivity index (χ1n) is 6.68. The van der Waals surface area contributed by atoms with Crippen molar-refractivity contribution in [3.05, 3.63) is 29.6 Å². The summed E-state index contributed by atoms with van der Waals surface area (Å²) in [6, 6.07) is 4.67. The van der Waals surface area contributed by atoms with Crippen LogP contribution in [-0.4, -0.2) is 42.6 Å². The largest absolute Gasteiger partial charge is 0.389 e. The Kier molecular flexibility index (Phi) is 4.71. The number of nitrogens with two attached hydrogens (primary N) is 1. The van der Waals surface area contributed by atoms with Crippen LogP contribution in [-0.2, 0) is 0 Å². The molecule has 2 N–H and O–H groups in total. The average molecular weight is 281 g/mol. The fourth-order valence-electron chi connectivity index (χ4n) is 2.51. The van der Waals surface area contributed by atoms with E-state index in [1.165, 1.54) is 18.6 Å².